The van der Waals surface area contributed by atoms with Gasteiger partial charge in [-0.3, -0.25) is 9.89 Å². The highest BCUT2D eigenvalue weighted by Crippen LogP contribution is 2.23. The standard InChI is InChI=1S/C14H17N3O5S/c1-9-13(8-15-16-9)23(20,21)17-12(7-14(18)19)10-3-5-11(22-2)6-4-10/h3-6,8,12,17H,7H2,1-2H3,(H,15,16)(H,18,19). The fraction of sp³-hybridized carbons (Fsp3) is 0.286. The number of carbonyl (C=O) groups is 1. The summed E-state index contributed by atoms with van der Waals surface area (Å²) in [5.41, 5.74) is 0.902. The van der Waals surface area contributed by atoms with E-state index in [1.165, 1.54) is 13.3 Å². The van der Waals surface area contributed by atoms with Crippen molar-refractivity contribution in [2.75, 3.05) is 7.11 Å². The Morgan fingerprint density at radius 1 is 1.39 bits per heavy atom. The minimum absolute atomic E-state index is 0.0126. The van der Waals surface area contributed by atoms with Crippen molar-refractivity contribution in [3.63, 3.8) is 0 Å². The molecule has 0 amide bonds. The van der Waals surface area contributed by atoms with Gasteiger partial charge in [0, 0.05) is 0 Å². The molecule has 0 aliphatic rings. The van der Waals surface area contributed by atoms with E-state index >= 15 is 0 Å². The van der Waals surface area contributed by atoms with Crippen molar-refractivity contribution < 1.29 is 23.1 Å². The molecule has 124 valence electrons. The van der Waals surface area contributed by atoms with Gasteiger partial charge in [0.25, 0.3) is 0 Å². The lowest BCUT2D eigenvalue weighted by molar-refractivity contribution is -0.137. The molecule has 0 saturated carbocycles. The fourth-order valence-corrected chi connectivity index (χ4v) is 3.46. The predicted octanol–water partition coefficient (Wildman–Crippen LogP) is 1.22. The van der Waals surface area contributed by atoms with Gasteiger partial charge in [-0.25, -0.2) is 13.1 Å². The summed E-state index contributed by atoms with van der Waals surface area (Å²) in [6.07, 6.45) is 0.798. The summed E-state index contributed by atoms with van der Waals surface area (Å²) in [6, 6.07) is 5.62. The number of aliphatic carboxylic acids is 1. The number of hydrogen-bond donors (Lipinski definition) is 3. The van der Waals surface area contributed by atoms with Crippen molar-refractivity contribution >= 4 is 16.0 Å². The Morgan fingerprint density at radius 3 is 2.52 bits per heavy atom. The molecule has 23 heavy (non-hydrogen) atoms. The minimum atomic E-state index is -3.89. The molecule has 9 heteroatoms. The summed E-state index contributed by atoms with van der Waals surface area (Å²) in [5, 5.41) is 15.3. The number of H-pyrrole nitrogens is 1. The maximum atomic E-state index is 12.4. The zero-order valence-corrected chi connectivity index (χ0v) is 13.4. The van der Waals surface area contributed by atoms with E-state index in [1.54, 1.807) is 31.2 Å². The maximum absolute atomic E-state index is 12.4. The monoisotopic (exact) mass is 339 g/mol. The van der Waals surface area contributed by atoms with Gasteiger partial charge in [-0.1, -0.05) is 12.1 Å². The number of carboxylic acids is 1. The molecule has 2 aromatic rings. The molecular formula is C14H17N3O5S. The molecule has 0 aliphatic carbocycles. The normalized spacial score (nSPS) is 12.8. The molecule has 1 atom stereocenters. The van der Waals surface area contributed by atoms with E-state index in [4.69, 9.17) is 9.84 Å². The zero-order valence-electron chi connectivity index (χ0n) is 12.6. The quantitative estimate of drug-likeness (QED) is 0.697. The topological polar surface area (TPSA) is 121 Å². The Bertz CT molecular complexity index is 783. The van der Waals surface area contributed by atoms with E-state index in [0.29, 0.717) is 17.0 Å². The van der Waals surface area contributed by atoms with Gasteiger partial charge in [-0.05, 0) is 24.6 Å². The van der Waals surface area contributed by atoms with Crippen molar-refractivity contribution in [3.8, 4) is 5.75 Å². The third-order valence-corrected chi connectivity index (χ3v) is 4.85. The molecule has 8 nitrogen and oxygen atoms in total. The predicted molar refractivity (Wildman–Crippen MR) is 81.6 cm³/mol. The molecule has 1 heterocycles. The lowest BCUT2D eigenvalue weighted by Crippen LogP contribution is -2.30. The molecule has 0 radical (unpaired) electrons. The van der Waals surface area contributed by atoms with E-state index in [0.717, 1.165) is 0 Å². The minimum Gasteiger partial charge on any atom is -0.497 e. The van der Waals surface area contributed by atoms with Crippen LogP contribution in [0.2, 0.25) is 0 Å². The second kappa shape index (κ2) is 6.80. The molecule has 1 unspecified atom stereocenters. The van der Waals surface area contributed by atoms with Crippen molar-refractivity contribution in [2.45, 2.75) is 24.3 Å². The van der Waals surface area contributed by atoms with Crippen molar-refractivity contribution in [1.82, 2.24) is 14.9 Å². The Balaban J connectivity index is 2.31. The Hall–Kier alpha value is -2.39. The summed E-state index contributed by atoms with van der Waals surface area (Å²) in [6.45, 7) is 1.57. The molecular weight excluding hydrogens is 322 g/mol. The molecule has 0 bridgehead atoms. The lowest BCUT2D eigenvalue weighted by Gasteiger charge is -2.17. The first kappa shape index (κ1) is 17.0. The first-order valence-corrected chi connectivity index (χ1v) is 8.20. The molecule has 0 spiro atoms. The van der Waals surface area contributed by atoms with Crippen LogP contribution in [0, 0.1) is 6.92 Å². The van der Waals surface area contributed by atoms with Crippen LogP contribution in [0.15, 0.2) is 35.4 Å². The molecule has 3 N–H and O–H groups in total. The number of aryl methyl sites for hydroxylation is 1. The number of carboxylic acid groups (broad SMARTS) is 1. The second-order valence-corrected chi connectivity index (χ2v) is 6.59. The SMILES string of the molecule is COc1ccc(C(CC(=O)O)NS(=O)(=O)c2cn[nH]c2C)cc1. The summed E-state index contributed by atoms with van der Waals surface area (Å²) >= 11 is 0. The van der Waals surface area contributed by atoms with Crippen LogP contribution in [0.4, 0.5) is 0 Å². The average molecular weight is 339 g/mol. The van der Waals surface area contributed by atoms with Gasteiger partial charge < -0.3 is 9.84 Å². The summed E-state index contributed by atoms with van der Waals surface area (Å²) in [7, 11) is -2.39. The van der Waals surface area contributed by atoms with Gasteiger partial charge >= 0.3 is 5.97 Å². The third kappa shape index (κ3) is 4.08. The first-order chi connectivity index (χ1) is 10.8. The van der Waals surface area contributed by atoms with Crippen LogP contribution in [0.3, 0.4) is 0 Å². The number of benzene rings is 1. The number of methoxy groups -OCH3 is 1. The lowest BCUT2D eigenvalue weighted by atomic mass is 10.0. The largest absolute Gasteiger partial charge is 0.497 e. The van der Waals surface area contributed by atoms with Crippen LogP contribution in [0.1, 0.15) is 23.7 Å². The molecule has 1 aromatic carbocycles. The highest BCUT2D eigenvalue weighted by molar-refractivity contribution is 7.89. The van der Waals surface area contributed by atoms with E-state index < -0.39 is 22.0 Å². The number of sulfonamides is 1. The van der Waals surface area contributed by atoms with Crippen LogP contribution < -0.4 is 9.46 Å². The fourth-order valence-electron chi connectivity index (χ4n) is 2.10. The second-order valence-electron chi connectivity index (χ2n) is 4.90. The van der Waals surface area contributed by atoms with E-state index in [9.17, 15) is 13.2 Å². The number of ether oxygens (including phenoxy) is 1. The molecule has 0 saturated heterocycles. The molecule has 0 aliphatic heterocycles. The number of hydrogen-bond acceptors (Lipinski definition) is 5. The molecule has 1 aromatic heterocycles. The van der Waals surface area contributed by atoms with Crippen molar-refractivity contribution in [3.05, 3.63) is 41.7 Å². The third-order valence-electron chi connectivity index (χ3n) is 3.27. The number of nitrogens with zero attached hydrogens (tertiary/aromatic N) is 1. The summed E-state index contributed by atoms with van der Waals surface area (Å²) in [5.74, 6) is -0.520. The van der Waals surface area contributed by atoms with Crippen molar-refractivity contribution in [1.29, 1.82) is 0 Å². The Kier molecular flexibility index (Phi) is 5.02. The van der Waals surface area contributed by atoms with Gasteiger partial charge in [-0.2, -0.15) is 5.10 Å². The summed E-state index contributed by atoms with van der Waals surface area (Å²) < 4.78 is 32.3. The average Bonchev–Trinajstić information content (AvgIpc) is 2.93. The van der Waals surface area contributed by atoms with Gasteiger partial charge in [0.05, 0.1) is 31.5 Å². The Labute approximate surface area is 133 Å². The first-order valence-electron chi connectivity index (χ1n) is 6.71. The molecule has 0 fully saturated rings. The maximum Gasteiger partial charge on any atom is 0.305 e. The number of aromatic nitrogens is 2. The van der Waals surface area contributed by atoms with Gasteiger partial charge in [-0.15, -0.1) is 0 Å². The van der Waals surface area contributed by atoms with Crippen LogP contribution >= 0.6 is 0 Å². The number of nitrogens with one attached hydrogen (secondary N) is 2. The van der Waals surface area contributed by atoms with Crippen molar-refractivity contribution in [2.24, 2.45) is 0 Å². The highest BCUT2D eigenvalue weighted by atomic mass is 32.2. The zero-order chi connectivity index (χ0) is 17.0. The van der Waals surface area contributed by atoms with Gasteiger partial charge in [0.15, 0.2) is 0 Å². The van der Waals surface area contributed by atoms with E-state index in [1.807, 2.05) is 0 Å². The smallest absolute Gasteiger partial charge is 0.305 e. The number of aromatic amines is 1. The van der Waals surface area contributed by atoms with E-state index in [2.05, 4.69) is 14.9 Å². The molecule has 2 rings (SSSR count). The number of rotatable bonds is 7. The van der Waals surface area contributed by atoms with E-state index in [-0.39, 0.29) is 11.3 Å². The van der Waals surface area contributed by atoms with Crippen LogP contribution in [0.5, 0.6) is 5.75 Å². The van der Waals surface area contributed by atoms with Gasteiger partial charge in [0.1, 0.15) is 10.6 Å². The van der Waals surface area contributed by atoms with Crippen LogP contribution in [-0.2, 0) is 14.8 Å². The summed E-state index contributed by atoms with van der Waals surface area (Å²) in [4.78, 5) is 11.1. The van der Waals surface area contributed by atoms with Crippen LogP contribution in [-0.4, -0.2) is 36.8 Å². The van der Waals surface area contributed by atoms with Gasteiger partial charge in [0.2, 0.25) is 10.0 Å². The Morgan fingerprint density at radius 2 is 2.04 bits per heavy atom. The van der Waals surface area contributed by atoms with Crippen LogP contribution in [0.25, 0.3) is 0 Å². The highest BCUT2D eigenvalue weighted by Gasteiger charge is 2.25.